The molecule has 1 aromatic carbocycles. The van der Waals surface area contributed by atoms with Gasteiger partial charge in [-0.25, -0.2) is 0 Å². The molecule has 0 amide bonds. The van der Waals surface area contributed by atoms with Gasteiger partial charge in [-0.15, -0.1) is 0 Å². The summed E-state index contributed by atoms with van der Waals surface area (Å²) in [6.45, 7) is 14.5. The van der Waals surface area contributed by atoms with E-state index in [2.05, 4.69) is 31.8 Å². The highest BCUT2D eigenvalue weighted by molar-refractivity contribution is 7.72. The van der Waals surface area contributed by atoms with Crippen molar-refractivity contribution in [2.45, 2.75) is 59.2 Å². The van der Waals surface area contributed by atoms with Gasteiger partial charge >= 0.3 is 15.2 Å². The topological polar surface area (TPSA) is 71.1 Å². The maximum absolute atomic E-state index is 13.6. The Kier molecular flexibility index (Phi) is 10.3. The van der Waals surface area contributed by atoms with E-state index >= 15 is 0 Å². The van der Waals surface area contributed by atoms with Crippen LogP contribution in [-0.4, -0.2) is 39.9 Å². The first-order chi connectivity index (χ1) is 13.1. The van der Waals surface area contributed by atoms with E-state index in [0.29, 0.717) is 0 Å². The second-order valence-electron chi connectivity index (χ2n) is 7.39. The molecule has 1 aromatic rings. The summed E-state index contributed by atoms with van der Waals surface area (Å²) in [6, 6.07) is 8.14. The first kappa shape index (κ1) is 25.8. The number of rotatable bonds is 13. The smallest absolute Gasteiger partial charge is 0.308 e. The van der Waals surface area contributed by atoms with Gasteiger partial charge in [0.05, 0.1) is 34.5 Å². The predicted molar refractivity (Wildman–Crippen MR) is 119 cm³/mol. The molecule has 1 rings (SSSR count). The predicted octanol–water partition coefficient (Wildman–Crippen LogP) is 5.63. The highest BCUT2D eigenvalue weighted by Gasteiger charge is 2.50. The maximum Gasteiger partial charge on any atom is 0.346 e. The molecular formula is C19H36O6P2Si. The van der Waals surface area contributed by atoms with Crippen molar-refractivity contribution in [1.82, 2.24) is 0 Å². The summed E-state index contributed by atoms with van der Waals surface area (Å²) in [5.74, 6) is 0. The second kappa shape index (κ2) is 11.2. The third-order valence-electron chi connectivity index (χ3n) is 4.18. The summed E-state index contributed by atoms with van der Waals surface area (Å²) >= 11 is 0. The fourth-order valence-electron chi connectivity index (χ4n) is 2.91. The lowest BCUT2D eigenvalue weighted by Crippen LogP contribution is -2.37. The molecule has 0 aliphatic rings. The molecule has 0 bridgehead atoms. The van der Waals surface area contributed by atoms with Crippen molar-refractivity contribution in [3.8, 4) is 0 Å². The Morgan fingerprint density at radius 2 is 1.25 bits per heavy atom. The molecule has 0 spiro atoms. The van der Waals surface area contributed by atoms with Crippen molar-refractivity contribution >= 4 is 28.5 Å². The van der Waals surface area contributed by atoms with Gasteiger partial charge in [0.2, 0.25) is 0 Å². The van der Waals surface area contributed by atoms with E-state index in [9.17, 15) is 9.13 Å². The zero-order valence-corrected chi connectivity index (χ0v) is 21.1. The molecule has 0 aliphatic carbocycles. The molecule has 0 saturated carbocycles. The van der Waals surface area contributed by atoms with Crippen LogP contribution in [0.3, 0.4) is 0 Å². The number of hydrogen-bond acceptors (Lipinski definition) is 6. The van der Waals surface area contributed by atoms with Crippen LogP contribution < -0.4 is 5.19 Å². The van der Waals surface area contributed by atoms with Crippen LogP contribution in [0, 0.1) is 0 Å². The maximum atomic E-state index is 13.6. The molecule has 0 radical (unpaired) electrons. The molecule has 0 aliphatic heterocycles. The minimum Gasteiger partial charge on any atom is -0.308 e. The van der Waals surface area contributed by atoms with Crippen LogP contribution in [0.2, 0.25) is 19.6 Å². The van der Waals surface area contributed by atoms with Crippen molar-refractivity contribution in [2.24, 2.45) is 0 Å². The third-order valence-corrected chi connectivity index (χ3v) is 12.2. The molecule has 0 unspecified atom stereocenters. The van der Waals surface area contributed by atoms with Gasteiger partial charge in [0.15, 0.2) is 5.40 Å². The minimum atomic E-state index is -3.73. The Bertz CT molecular complexity index is 654. The largest absolute Gasteiger partial charge is 0.346 e. The van der Waals surface area contributed by atoms with Crippen LogP contribution in [0.5, 0.6) is 0 Å². The fourth-order valence-corrected chi connectivity index (χ4v) is 9.46. The summed E-state index contributed by atoms with van der Waals surface area (Å²) < 4.78 is 49.5. The van der Waals surface area contributed by atoms with E-state index in [0.717, 1.165) is 5.56 Å². The molecule has 6 nitrogen and oxygen atoms in total. The van der Waals surface area contributed by atoms with E-state index in [4.69, 9.17) is 18.1 Å². The molecule has 0 N–H and O–H groups in total. The van der Waals surface area contributed by atoms with Crippen LogP contribution in [-0.2, 0) is 33.6 Å². The Balaban J connectivity index is 3.46. The van der Waals surface area contributed by atoms with Gasteiger partial charge in [-0.05, 0) is 39.7 Å². The van der Waals surface area contributed by atoms with E-state index in [1.165, 1.54) is 5.19 Å². The average Bonchev–Trinajstić information content (AvgIpc) is 2.60. The average molecular weight is 451 g/mol. The van der Waals surface area contributed by atoms with Gasteiger partial charge in [0.1, 0.15) is 0 Å². The van der Waals surface area contributed by atoms with E-state index in [-0.39, 0.29) is 32.8 Å². The van der Waals surface area contributed by atoms with Crippen LogP contribution in [0.4, 0.5) is 0 Å². The van der Waals surface area contributed by atoms with Gasteiger partial charge in [-0.1, -0.05) is 49.1 Å². The van der Waals surface area contributed by atoms with Crippen LogP contribution in [0.15, 0.2) is 24.3 Å². The van der Waals surface area contributed by atoms with Crippen molar-refractivity contribution in [1.29, 1.82) is 0 Å². The lowest BCUT2D eigenvalue weighted by atomic mass is 10.2. The molecule has 0 aromatic heterocycles. The summed E-state index contributed by atoms with van der Waals surface area (Å²) in [5.41, 5.74) is 0.921. The van der Waals surface area contributed by atoms with E-state index in [1.54, 1.807) is 27.7 Å². The quantitative estimate of drug-likeness (QED) is 0.286. The monoisotopic (exact) mass is 450 g/mol. The van der Waals surface area contributed by atoms with Crippen molar-refractivity contribution < 1.29 is 27.2 Å². The van der Waals surface area contributed by atoms with Crippen molar-refractivity contribution in [3.63, 3.8) is 0 Å². The summed E-state index contributed by atoms with van der Waals surface area (Å²) in [4.78, 5) is 0. The number of hydrogen-bond donors (Lipinski definition) is 0. The molecule has 0 atom stereocenters. The summed E-state index contributed by atoms with van der Waals surface area (Å²) in [7, 11) is -9.00. The van der Waals surface area contributed by atoms with Crippen molar-refractivity contribution in [3.05, 3.63) is 29.8 Å². The molecule has 0 heterocycles. The zero-order chi connectivity index (χ0) is 21.4. The van der Waals surface area contributed by atoms with Crippen LogP contribution >= 0.6 is 15.2 Å². The zero-order valence-electron chi connectivity index (χ0n) is 18.3. The Morgan fingerprint density at radius 3 is 1.61 bits per heavy atom. The van der Waals surface area contributed by atoms with Gasteiger partial charge in [0.25, 0.3) is 0 Å². The first-order valence-electron chi connectivity index (χ1n) is 9.93. The highest BCUT2D eigenvalue weighted by Crippen LogP contribution is 2.71. The second-order valence-corrected chi connectivity index (χ2v) is 17.3. The molecule has 28 heavy (non-hydrogen) atoms. The fraction of sp³-hybridized carbons (Fsp3) is 0.684. The van der Waals surface area contributed by atoms with Crippen LogP contribution in [0.1, 0.15) is 33.3 Å². The number of benzene rings is 1. The molecular weight excluding hydrogens is 414 g/mol. The van der Waals surface area contributed by atoms with E-state index < -0.39 is 28.7 Å². The van der Waals surface area contributed by atoms with Gasteiger partial charge in [-0.2, -0.15) is 0 Å². The minimum absolute atomic E-state index is 0.182. The lowest BCUT2D eigenvalue weighted by Gasteiger charge is -2.31. The SMILES string of the molecule is CCOP(=O)(OCC)C(Cc1cccc([Si](C)(C)C)c1)P(=O)(OCC)OCC. The Morgan fingerprint density at radius 1 is 0.821 bits per heavy atom. The highest BCUT2D eigenvalue weighted by atomic mass is 31.2. The normalized spacial score (nSPS) is 13.3. The first-order valence-corrected chi connectivity index (χ1v) is 16.7. The third kappa shape index (κ3) is 6.91. The van der Waals surface area contributed by atoms with Crippen LogP contribution in [0.25, 0.3) is 0 Å². The van der Waals surface area contributed by atoms with Gasteiger partial charge in [-0.3, -0.25) is 9.13 Å². The molecule has 0 fully saturated rings. The molecule has 9 heteroatoms. The van der Waals surface area contributed by atoms with E-state index in [1.807, 2.05) is 12.1 Å². The lowest BCUT2D eigenvalue weighted by molar-refractivity contribution is 0.195. The Hall–Kier alpha value is -0.263. The van der Waals surface area contributed by atoms with Crippen molar-refractivity contribution in [2.75, 3.05) is 26.4 Å². The van der Waals surface area contributed by atoms with Gasteiger partial charge < -0.3 is 18.1 Å². The standard InChI is InChI=1S/C19H36O6P2Si/c1-8-22-26(20,23-9-2)19(27(21,24-10-3)25-11-4)16-17-13-12-14-18(15-17)28(5,6)7/h12-15,19H,8-11,16H2,1-7H3. The summed E-state index contributed by atoms with van der Waals surface area (Å²) in [6.07, 6.45) is 0.229. The molecule has 0 saturated heterocycles. The van der Waals surface area contributed by atoms with Gasteiger partial charge in [0, 0.05) is 0 Å². The Labute approximate surface area is 171 Å². The molecule has 162 valence electrons. The summed E-state index contributed by atoms with van der Waals surface area (Å²) in [5, 5.41) is 0.255.